The molecule has 7 rings (SSSR count). The van der Waals surface area contributed by atoms with Gasteiger partial charge >= 0.3 is 0 Å². The fourth-order valence-corrected chi connectivity index (χ4v) is 5.39. The Labute approximate surface area is 249 Å². The van der Waals surface area contributed by atoms with Gasteiger partial charge < -0.3 is 0 Å². The molecular formula is C42H32. The minimum absolute atomic E-state index is 1.23. The van der Waals surface area contributed by atoms with Crippen LogP contribution in [0.2, 0.25) is 0 Å². The van der Waals surface area contributed by atoms with Gasteiger partial charge in [0.15, 0.2) is 0 Å². The monoisotopic (exact) mass is 536 g/mol. The fraction of sp³-hybridized carbons (Fsp3) is 0. The topological polar surface area (TPSA) is 0 Å². The highest BCUT2D eigenvalue weighted by Crippen LogP contribution is 2.45. The van der Waals surface area contributed by atoms with Crippen molar-refractivity contribution in [3.63, 3.8) is 0 Å². The van der Waals surface area contributed by atoms with Gasteiger partial charge in [-0.25, -0.2) is 0 Å². The van der Waals surface area contributed by atoms with E-state index in [2.05, 4.69) is 182 Å². The average molecular weight is 537 g/mol. The SMILES string of the molecule is c1ccc(-c2ccc(-c3ccccc3)c(-c3ccccc3)c2-c2ccccc2)cc1.c1ccc(-c2ccccc2)cc1. The molecule has 0 spiro atoms. The van der Waals surface area contributed by atoms with E-state index < -0.39 is 0 Å². The Kier molecular flexibility index (Phi) is 8.45. The molecule has 0 nitrogen and oxygen atoms in total. The van der Waals surface area contributed by atoms with Crippen molar-refractivity contribution < 1.29 is 0 Å². The third-order valence-electron chi connectivity index (χ3n) is 7.38. The van der Waals surface area contributed by atoms with Gasteiger partial charge in [0, 0.05) is 0 Å². The quantitative estimate of drug-likeness (QED) is 0.205. The van der Waals surface area contributed by atoms with Gasteiger partial charge in [0.05, 0.1) is 0 Å². The lowest BCUT2D eigenvalue weighted by Gasteiger charge is -2.20. The lowest BCUT2D eigenvalue weighted by atomic mass is 9.83. The van der Waals surface area contributed by atoms with Crippen LogP contribution in [-0.2, 0) is 0 Å². The Morgan fingerprint density at radius 1 is 0.167 bits per heavy atom. The number of hydrogen-bond acceptors (Lipinski definition) is 0. The molecule has 0 bridgehead atoms. The first-order valence-corrected chi connectivity index (χ1v) is 14.4. The Morgan fingerprint density at radius 3 is 0.643 bits per heavy atom. The van der Waals surface area contributed by atoms with Gasteiger partial charge in [-0.1, -0.05) is 194 Å². The molecular weight excluding hydrogens is 504 g/mol. The standard InChI is InChI=1S/C30H22.C12H10/c1-5-13-23(14-6-1)27-21-22-28(24-15-7-2-8-16-24)30(26-19-11-4-12-20-26)29(27)25-17-9-3-10-18-25;1-3-7-11(8-4-1)12-9-5-2-6-10-12/h1-22H;1-10H. The van der Waals surface area contributed by atoms with Crippen molar-refractivity contribution >= 4 is 0 Å². The maximum absolute atomic E-state index is 2.27. The summed E-state index contributed by atoms with van der Waals surface area (Å²) in [5.41, 5.74) is 12.5. The minimum Gasteiger partial charge on any atom is -0.0622 e. The highest BCUT2D eigenvalue weighted by molar-refractivity contribution is 6.01. The van der Waals surface area contributed by atoms with Crippen LogP contribution < -0.4 is 0 Å². The van der Waals surface area contributed by atoms with E-state index in [1.807, 2.05) is 12.1 Å². The molecule has 0 aliphatic heterocycles. The van der Waals surface area contributed by atoms with Crippen LogP contribution in [-0.4, -0.2) is 0 Å². The maximum Gasteiger partial charge on any atom is -0.00206 e. The normalized spacial score (nSPS) is 10.4. The van der Waals surface area contributed by atoms with Gasteiger partial charge in [-0.05, 0) is 55.6 Å². The molecule has 0 aromatic heterocycles. The Balaban J connectivity index is 0.000000219. The lowest BCUT2D eigenvalue weighted by Crippen LogP contribution is -1.94. The first kappa shape index (κ1) is 26.7. The van der Waals surface area contributed by atoms with E-state index in [0.717, 1.165) is 0 Å². The third-order valence-corrected chi connectivity index (χ3v) is 7.38. The number of rotatable bonds is 5. The zero-order valence-electron chi connectivity index (χ0n) is 23.5. The highest BCUT2D eigenvalue weighted by atomic mass is 14.2. The van der Waals surface area contributed by atoms with E-state index >= 15 is 0 Å². The molecule has 200 valence electrons. The van der Waals surface area contributed by atoms with Crippen molar-refractivity contribution in [1.82, 2.24) is 0 Å². The fourth-order valence-electron chi connectivity index (χ4n) is 5.39. The van der Waals surface area contributed by atoms with Crippen LogP contribution in [0, 0.1) is 0 Å². The second-order valence-corrected chi connectivity index (χ2v) is 10.1. The Bertz CT molecular complexity index is 1670. The Hall–Kier alpha value is -5.46. The summed E-state index contributed by atoms with van der Waals surface area (Å²) in [6, 6.07) is 68.2. The van der Waals surface area contributed by atoms with E-state index in [-0.39, 0.29) is 0 Å². The van der Waals surface area contributed by atoms with Crippen molar-refractivity contribution in [1.29, 1.82) is 0 Å². The second-order valence-electron chi connectivity index (χ2n) is 10.1. The lowest BCUT2D eigenvalue weighted by molar-refractivity contribution is 1.54. The molecule has 0 aliphatic rings. The predicted molar refractivity (Wildman–Crippen MR) is 180 cm³/mol. The van der Waals surface area contributed by atoms with Gasteiger partial charge in [-0.2, -0.15) is 0 Å². The molecule has 0 heterocycles. The molecule has 0 N–H and O–H groups in total. The molecule has 0 fully saturated rings. The summed E-state index contributed by atoms with van der Waals surface area (Å²) in [7, 11) is 0. The highest BCUT2D eigenvalue weighted by Gasteiger charge is 2.18. The molecule has 7 aromatic rings. The number of hydrogen-bond donors (Lipinski definition) is 0. The average Bonchev–Trinajstić information content (AvgIpc) is 3.10. The molecule has 0 amide bonds. The minimum atomic E-state index is 1.23. The Morgan fingerprint density at radius 2 is 0.381 bits per heavy atom. The zero-order chi connectivity index (χ0) is 28.4. The van der Waals surface area contributed by atoms with E-state index in [4.69, 9.17) is 0 Å². The van der Waals surface area contributed by atoms with Crippen LogP contribution >= 0.6 is 0 Å². The van der Waals surface area contributed by atoms with Crippen LogP contribution in [0.5, 0.6) is 0 Å². The van der Waals surface area contributed by atoms with Crippen LogP contribution in [0.25, 0.3) is 55.6 Å². The summed E-state index contributed by atoms with van der Waals surface area (Å²) in [5.74, 6) is 0. The summed E-state index contributed by atoms with van der Waals surface area (Å²) in [6.07, 6.45) is 0. The molecule has 0 atom stereocenters. The van der Waals surface area contributed by atoms with Crippen LogP contribution in [0.15, 0.2) is 194 Å². The first-order chi connectivity index (χ1) is 20.9. The maximum atomic E-state index is 2.27. The van der Waals surface area contributed by atoms with Crippen LogP contribution in [0.3, 0.4) is 0 Å². The predicted octanol–water partition coefficient (Wildman–Crippen LogP) is 11.7. The first-order valence-electron chi connectivity index (χ1n) is 14.4. The van der Waals surface area contributed by atoms with Gasteiger partial charge in [-0.15, -0.1) is 0 Å². The number of benzene rings is 7. The molecule has 0 saturated carbocycles. The summed E-state index contributed by atoms with van der Waals surface area (Å²) in [6.45, 7) is 0. The van der Waals surface area contributed by atoms with Crippen molar-refractivity contribution in [3.05, 3.63) is 194 Å². The van der Waals surface area contributed by atoms with Gasteiger partial charge in [0.1, 0.15) is 0 Å². The molecule has 0 radical (unpaired) electrons. The van der Waals surface area contributed by atoms with E-state index in [1.54, 1.807) is 0 Å². The molecule has 0 saturated heterocycles. The molecule has 0 heteroatoms. The smallest absolute Gasteiger partial charge is 0.00206 e. The van der Waals surface area contributed by atoms with Crippen molar-refractivity contribution in [2.24, 2.45) is 0 Å². The van der Waals surface area contributed by atoms with Crippen LogP contribution in [0.4, 0.5) is 0 Å². The summed E-state index contributed by atoms with van der Waals surface area (Å²) < 4.78 is 0. The van der Waals surface area contributed by atoms with Crippen LogP contribution in [0.1, 0.15) is 0 Å². The van der Waals surface area contributed by atoms with Gasteiger partial charge in [0.25, 0.3) is 0 Å². The van der Waals surface area contributed by atoms with Gasteiger partial charge in [0.2, 0.25) is 0 Å². The van der Waals surface area contributed by atoms with Crippen molar-refractivity contribution in [3.8, 4) is 55.6 Å². The van der Waals surface area contributed by atoms with Crippen molar-refractivity contribution in [2.45, 2.75) is 0 Å². The summed E-state index contributed by atoms with van der Waals surface area (Å²) >= 11 is 0. The van der Waals surface area contributed by atoms with E-state index in [9.17, 15) is 0 Å². The van der Waals surface area contributed by atoms with Gasteiger partial charge in [-0.3, -0.25) is 0 Å². The second kappa shape index (κ2) is 13.3. The molecule has 0 aliphatic carbocycles. The summed E-state index contributed by atoms with van der Waals surface area (Å²) in [4.78, 5) is 0. The van der Waals surface area contributed by atoms with E-state index in [1.165, 1.54) is 55.6 Å². The zero-order valence-corrected chi connectivity index (χ0v) is 23.5. The molecule has 42 heavy (non-hydrogen) atoms. The van der Waals surface area contributed by atoms with E-state index in [0.29, 0.717) is 0 Å². The molecule has 0 unspecified atom stereocenters. The molecule has 7 aromatic carbocycles. The van der Waals surface area contributed by atoms with Crippen molar-refractivity contribution in [2.75, 3.05) is 0 Å². The largest absolute Gasteiger partial charge is 0.0622 e. The summed E-state index contributed by atoms with van der Waals surface area (Å²) in [5, 5.41) is 0. The third kappa shape index (κ3) is 6.14.